The average molecular weight is 400 g/mol. The topological polar surface area (TPSA) is 58.5 Å². The molecule has 140 valence electrons. The number of hydrogen-bond acceptors (Lipinski definition) is 3. The number of phenolic OH excluding ortho intramolecular Hbond substituents is 2. The lowest BCUT2D eigenvalue weighted by molar-refractivity contribution is 0.475. The van der Waals surface area contributed by atoms with Crippen LogP contribution in [0.4, 0.5) is 0 Å². The molecule has 0 aliphatic rings. The van der Waals surface area contributed by atoms with E-state index in [-0.39, 0.29) is 11.5 Å². The molecule has 0 aliphatic heterocycles. The first kappa shape index (κ1) is 16.3. The minimum Gasteiger partial charge on any atom is -0.508 e. The number of benzene rings is 4. The lowest BCUT2D eigenvalue weighted by atomic mass is 10.1. The molecule has 0 unspecified atom stereocenters. The molecular formula is C24H14ClNO3. The van der Waals surface area contributed by atoms with Crippen molar-refractivity contribution in [2.24, 2.45) is 0 Å². The molecule has 0 fully saturated rings. The molecule has 0 saturated heterocycles. The fourth-order valence-electron chi connectivity index (χ4n) is 4.11. The summed E-state index contributed by atoms with van der Waals surface area (Å²) in [6.07, 6.45) is 0. The van der Waals surface area contributed by atoms with Crippen molar-refractivity contribution in [2.75, 3.05) is 0 Å². The summed E-state index contributed by atoms with van der Waals surface area (Å²) in [7, 11) is 0. The van der Waals surface area contributed by atoms with Gasteiger partial charge in [0.05, 0.1) is 16.1 Å². The number of fused-ring (bicyclic) bond motifs is 5. The van der Waals surface area contributed by atoms with Crippen LogP contribution in [-0.4, -0.2) is 14.8 Å². The molecule has 2 aromatic heterocycles. The Morgan fingerprint density at radius 1 is 0.724 bits per heavy atom. The number of aromatic hydroxyl groups is 2. The van der Waals surface area contributed by atoms with E-state index in [0.717, 1.165) is 43.5 Å². The smallest absolute Gasteiger partial charge is 0.205 e. The van der Waals surface area contributed by atoms with E-state index in [1.807, 2.05) is 53.1 Å². The Labute approximate surface area is 169 Å². The first-order valence-corrected chi connectivity index (χ1v) is 9.55. The van der Waals surface area contributed by atoms with Crippen LogP contribution in [0.2, 0.25) is 5.02 Å². The Morgan fingerprint density at radius 2 is 1.55 bits per heavy atom. The quantitative estimate of drug-likeness (QED) is 0.321. The third kappa shape index (κ3) is 2.33. The zero-order valence-corrected chi connectivity index (χ0v) is 15.8. The molecule has 2 heterocycles. The van der Waals surface area contributed by atoms with Gasteiger partial charge in [-0.25, -0.2) is 0 Å². The van der Waals surface area contributed by atoms with Crippen molar-refractivity contribution in [3.63, 3.8) is 0 Å². The molecule has 2 N–H and O–H groups in total. The Hall–Kier alpha value is -3.63. The number of hydrogen-bond donors (Lipinski definition) is 2. The molecule has 0 radical (unpaired) electrons. The molecule has 4 aromatic carbocycles. The van der Waals surface area contributed by atoms with Gasteiger partial charge in [0.25, 0.3) is 0 Å². The van der Waals surface area contributed by atoms with E-state index in [0.29, 0.717) is 10.9 Å². The highest BCUT2D eigenvalue weighted by molar-refractivity contribution is 6.36. The van der Waals surface area contributed by atoms with Crippen molar-refractivity contribution in [3.8, 4) is 17.4 Å². The second-order valence-electron chi connectivity index (χ2n) is 7.18. The predicted octanol–water partition coefficient (Wildman–Crippen LogP) is 6.75. The van der Waals surface area contributed by atoms with E-state index in [2.05, 4.69) is 0 Å². The van der Waals surface area contributed by atoms with Crippen molar-refractivity contribution in [3.05, 3.63) is 77.8 Å². The van der Waals surface area contributed by atoms with Gasteiger partial charge < -0.3 is 14.6 Å². The fraction of sp³-hybridized carbons (Fsp3) is 0. The summed E-state index contributed by atoms with van der Waals surface area (Å²) < 4.78 is 8.20. The van der Waals surface area contributed by atoms with Crippen LogP contribution < -0.4 is 0 Å². The van der Waals surface area contributed by atoms with Crippen LogP contribution >= 0.6 is 11.6 Å². The second kappa shape index (κ2) is 5.69. The molecule has 0 aliphatic carbocycles. The van der Waals surface area contributed by atoms with Crippen LogP contribution in [0, 0.1) is 0 Å². The van der Waals surface area contributed by atoms with Crippen LogP contribution in [-0.2, 0) is 0 Å². The van der Waals surface area contributed by atoms with Gasteiger partial charge in [0.2, 0.25) is 5.88 Å². The zero-order valence-electron chi connectivity index (χ0n) is 15.1. The lowest BCUT2D eigenvalue weighted by Gasteiger charge is -2.04. The Morgan fingerprint density at radius 3 is 2.45 bits per heavy atom. The Bertz CT molecular complexity index is 1590. The van der Waals surface area contributed by atoms with Gasteiger partial charge in [0, 0.05) is 22.2 Å². The molecule has 0 bridgehead atoms. The van der Waals surface area contributed by atoms with E-state index in [4.69, 9.17) is 16.0 Å². The summed E-state index contributed by atoms with van der Waals surface area (Å²) in [5.74, 6) is 1.06. The lowest BCUT2D eigenvalue weighted by Crippen LogP contribution is -1.91. The van der Waals surface area contributed by atoms with E-state index in [1.54, 1.807) is 24.3 Å². The summed E-state index contributed by atoms with van der Waals surface area (Å²) in [6.45, 7) is 0. The number of furan rings is 1. The molecule has 29 heavy (non-hydrogen) atoms. The molecule has 4 nitrogen and oxygen atoms in total. The van der Waals surface area contributed by atoms with Gasteiger partial charge in [-0.2, -0.15) is 0 Å². The first-order chi connectivity index (χ1) is 14.1. The molecule has 6 rings (SSSR count). The monoisotopic (exact) mass is 399 g/mol. The molecule has 0 amide bonds. The summed E-state index contributed by atoms with van der Waals surface area (Å²) in [4.78, 5) is 0. The fourth-order valence-corrected chi connectivity index (χ4v) is 4.37. The number of para-hydroxylation sites is 1. The molecule has 5 heteroatoms. The van der Waals surface area contributed by atoms with E-state index >= 15 is 0 Å². The van der Waals surface area contributed by atoms with Crippen LogP contribution in [0.5, 0.6) is 11.5 Å². The molecule has 0 spiro atoms. The van der Waals surface area contributed by atoms with Gasteiger partial charge in [0.1, 0.15) is 17.1 Å². The highest BCUT2D eigenvalue weighted by Crippen LogP contribution is 2.39. The van der Waals surface area contributed by atoms with Gasteiger partial charge in [-0.1, -0.05) is 29.8 Å². The van der Waals surface area contributed by atoms with E-state index in [1.165, 1.54) is 0 Å². The van der Waals surface area contributed by atoms with Crippen molar-refractivity contribution < 1.29 is 14.6 Å². The average Bonchev–Trinajstić information content (AvgIpc) is 3.25. The van der Waals surface area contributed by atoms with E-state index < -0.39 is 0 Å². The van der Waals surface area contributed by atoms with Gasteiger partial charge in [-0.15, -0.1) is 0 Å². The second-order valence-corrected chi connectivity index (χ2v) is 7.59. The minimum atomic E-state index is 0.201. The number of phenols is 2. The summed E-state index contributed by atoms with van der Waals surface area (Å²) in [5, 5.41) is 25.1. The highest BCUT2D eigenvalue weighted by atomic mass is 35.5. The van der Waals surface area contributed by atoms with Crippen LogP contribution in [0.3, 0.4) is 0 Å². The predicted molar refractivity (Wildman–Crippen MR) is 116 cm³/mol. The highest BCUT2D eigenvalue weighted by Gasteiger charge is 2.18. The van der Waals surface area contributed by atoms with Gasteiger partial charge in [-0.3, -0.25) is 4.57 Å². The largest absolute Gasteiger partial charge is 0.508 e. The molecule has 6 aromatic rings. The molecular weight excluding hydrogens is 386 g/mol. The summed E-state index contributed by atoms with van der Waals surface area (Å²) >= 11 is 6.57. The Kier molecular flexibility index (Phi) is 3.20. The van der Waals surface area contributed by atoms with E-state index in [9.17, 15) is 10.2 Å². The summed E-state index contributed by atoms with van der Waals surface area (Å²) in [6, 6.07) is 22.2. The van der Waals surface area contributed by atoms with Crippen molar-refractivity contribution in [1.82, 2.24) is 4.57 Å². The third-order valence-electron chi connectivity index (χ3n) is 5.39. The number of aromatic nitrogens is 1. The maximum Gasteiger partial charge on any atom is 0.205 e. The number of rotatable bonds is 1. The Balaban J connectivity index is 1.72. The number of halogens is 1. The normalized spacial score (nSPS) is 11.9. The van der Waals surface area contributed by atoms with Crippen molar-refractivity contribution in [2.45, 2.75) is 0 Å². The maximum atomic E-state index is 10.00. The number of nitrogens with zero attached hydrogens (tertiary/aromatic N) is 1. The maximum absolute atomic E-state index is 10.00. The third-order valence-corrected chi connectivity index (χ3v) is 5.69. The van der Waals surface area contributed by atoms with Crippen LogP contribution in [0.25, 0.3) is 49.4 Å². The van der Waals surface area contributed by atoms with Gasteiger partial charge in [0.15, 0.2) is 0 Å². The standard InChI is InChI=1S/C24H14ClNO3/c25-20-3-1-2-18-19-12-17(28)6-7-21(19)26(24(18)20)23-11-15-8-13-4-5-16(27)9-14(13)10-22(15)29-23/h1-12,27-28H. The SMILES string of the molecule is Oc1ccc2cc3cc(-n4c5ccc(O)cc5c5cccc(Cl)c54)oc3cc2c1. The summed E-state index contributed by atoms with van der Waals surface area (Å²) in [5.41, 5.74) is 2.45. The van der Waals surface area contributed by atoms with Gasteiger partial charge in [-0.05, 0) is 59.3 Å². The molecule has 0 atom stereocenters. The van der Waals surface area contributed by atoms with Crippen molar-refractivity contribution >= 4 is 55.1 Å². The minimum absolute atomic E-state index is 0.201. The molecule has 0 saturated carbocycles. The van der Waals surface area contributed by atoms with Crippen LogP contribution in [0.15, 0.2) is 77.2 Å². The van der Waals surface area contributed by atoms with Crippen molar-refractivity contribution in [1.29, 1.82) is 0 Å². The van der Waals surface area contributed by atoms with Crippen LogP contribution in [0.1, 0.15) is 0 Å². The van der Waals surface area contributed by atoms with Gasteiger partial charge >= 0.3 is 0 Å². The first-order valence-electron chi connectivity index (χ1n) is 9.17. The zero-order chi connectivity index (χ0) is 19.7.